The maximum absolute atomic E-state index is 14.7. The fraction of sp³-hybridized carbons (Fsp3) is 0.250. The average molecular weight is 402 g/mol. The van der Waals surface area contributed by atoms with E-state index >= 15 is 0 Å². The topological polar surface area (TPSA) is 80.0 Å². The molecule has 0 radical (unpaired) electrons. The summed E-state index contributed by atoms with van der Waals surface area (Å²) in [7, 11) is 1.67. The number of aromatic nitrogens is 3. The zero-order valence-corrected chi connectivity index (χ0v) is 15.4. The van der Waals surface area contributed by atoms with Gasteiger partial charge < -0.3 is 10.4 Å². The number of carbonyl (C=O) groups is 1. The van der Waals surface area contributed by atoms with Gasteiger partial charge in [0.25, 0.3) is 5.91 Å². The molecular weight excluding hydrogens is 385 g/mol. The van der Waals surface area contributed by atoms with Crippen molar-refractivity contribution >= 4 is 11.6 Å². The van der Waals surface area contributed by atoms with Crippen LogP contribution in [0.15, 0.2) is 36.7 Å². The van der Waals surface area contributed by atoms with E-state index in [1.54, 1.807) is 13.2 Å². The molecule has 150 valence electrons. The number of aliphatic hydroxyl groups is 1. The molecule has 3 aromatic rings. The molecule has 2 N–H and O–H groups in total. The van der Waals surface area contributed by atoms with Crippen LogP contribution in [0.3, 0.4) is 0 Å². The van der Waals surface area contributed by atoms with Crippen molar-refractivity contribution in [2.75, 3.05) is 5.32 Å². The largest absolute Gasteiger partial charge is 0.385 e. The van der Waals surface area contributed by atoms with Crippen molar-refractivity contribution in [1.29, 1.82) is 0 Å². The molecule has 2 heterocycles. The average Bonchev–Trinajstić information content (AvgIpc) is 3.05. The second-order valence-electron chi connectivity index (χ2n) is 7.08. The number of nitrogens with one attached hydrogen (secondary N) is 1. The summed E-state index contributed by atoms with van der Waals surface area (Å²) in [5, 5.41) is 16.8. The highest BCUT2D eigenvalue weighted by Crippen LogP contribution is 2.42. The smallest absolute Gasteiger partial charge is 0.274 e. The Labute approximate surface area is 164 Å². The maximum atomic E-state index is 14.7. The molecule has 1 aliphatic rings. The number of anilines is 1. The Kier molecular flexibility index (Phi) is 4.62. The predicted molar refractivity (Wildman–Crippen MR) is 98.5 cm³/mol. The second kappa shape index (κ2) is 7.00. The van der Waals surface area contributed by atoms with E-state index in [9.17, 15) is 23.1 Å². The minimum atomic E-state index is -1.27. The first-order valence-corrected chi connectivity index (χ1v) is 8.96. The molecule has 1 amide bonds. The molecule has 0 saturated heterocycles. The van der Waals surface area contributed by atoms with E-state index in [1.807, 2.05) is 0 Å². The maximum Gasteiger partial charge on any atom is 0.274 e. The number of pyridine rings is 1. The molecular formula is C20H17F3N4O2. The Morgan fingerprint density at radius 2 is 1.86 bits per heavy atom. The summed E-state index contributed by atoms with van der Waals surface area (Å²) in [5.74, 6) is -3.77. The van der Waals surface area contributed by atoms with Crippen LogP contribution in [0.5, 0.6) is 0 Å². The lowest BCUT2D eigenvalue weighted by molar-refractivity contribution is -0.0392. The summed E-state index contributed by atoms with van der Waals surface area (Å²) in [6.07, 6.45) is 4.52. The van der Waals surface area contributed by atoms with Gasteiger partial charge in [0.05, 0.1) is 23.0 Å². The number of aryl methyl sites for hydroxylation is 1. The number of hydrogen-bond donors (Lipinski definition) is 2. The van der Waals surface area contributed by atoms with E-state index in [1.165, 1.54) is 10.9 Å². The molecule has 1 aliphatic carbocycles. The van der Waals surface area contributed by atoms with Crippen LogP contribution in [0, 0.1) is 17.5 Å². The van der Waals surface area contributed by atoms with E-state index < -0.39 is 40.2 Å². The normalized spacial score (nSPS) is 15.1. The van der Waals surface area contributed by atoms with Crippen LogP contribution in [0.2, 0.25) is 0 Å². The minimum Gasteiger partial charge on any atom is -0.385 e. The van der Waals surface area contributed by atoms with Crippen molar-refractivity contribution in [2.45, 2.75) is 24.9 Å². The number of amides is 1. The van der Waals surface area contributed by atoms with Crippen molar-refractivity contribution in [3.8, 4) is 11.3 Å². The third-order valence-corrected chi connectivity index (χ3v) is 5.04. The molecule has 6 nitrogen and oxygen atoms in total. The van der Waals surface area contributed by atoms with Gasteiger partial charge in [0, 0.05) is 13.2 Å². The molecule has 1 aromatic carbocycles. The van der Waals surface area contributed by atoms with E-state index in [4.69, 9.17) is 0 Å². The van der Waals surface area contributed by atoms with Gasteiger partial charge in [-0.2, -0.15) is 5.10 Å². The zero-order valence-electron chi connectivity index (χ0n) is 15.4. The third kappa shape index (κ3) is 3.49. The Balaban J connectivity index is 1.70. The molecule has 0 unspecified atom stereocenters. The Bertz CT molecular complexity index is 1090. The first kappa shape index (κ1) is 19.1. The molecule has 0 bridgehead atoms. The lowest BCUT2D eigenvalue weighted by Gasteiger charge is -2.37. The van der Waals surface area contributed by atoms with Crippen LogP contribution in [0.25, 0.3) is 11.3 Å². The quantitative estimate of drug-likeness (QED) is 0.700. The van der Waals surface area contributed by atoms with Crippen molar-refractivity contribution in [3.63, 3.8) is 0 Å². The molecule has 1 saturated carbocycles. The van der Waals surface area contributed by atoms with Gasteiger partial charge in [0.15, 0.2) is 0 Å². The Morgan fingerprint density at radius 1 is 1.17 bits per heavy atom. The minimum absolute atomic E-state index is 0.105. The van der Waals surface area contributed by atoms with E-state index in [0.29, 0.717) is 18.5 Å². The lowest BCUT2D eigenvalue weighted by atomic mass is 9.75. The summed E-state index contributed by atoms with van der Waals surface area (Å²) >= 11 is 0. The van der Waals surface area contributed by atoms with Gasteiger partial charge in [-0.05, 0) is 49.1 Å². The van der Waals surface area contributed by atoms with Gasteiger partial charge in [-0.1, -0.05) is 0 Å². The molecule has 4 rings (SSSR count). The molecule has 0 spiro atoms. The summed E-state index contributed by atoms with van der Waals surface area (Å²) < 4.78 is 45.2. The predicted octanol–water partition coefficient (Wildman–Crippen LogP) is 3.52. The van der Waals surface area contributed by atoms with E-state index in [0.717, 1.165) is 30.7 Å². The van der Waals surface area contributed by atoms with Crippen molar-refractivity contribution in [2.24, 2.45) is 7.05 Å². The van der Waals surface area contributed by atoms with Crippen molar-refractivity contribution in [1.82, 2.24) is 14.8 Å². The molecule has 0 aliphatic heterocycles. The lowest BCUT2D eigenvalue weighted by Crippen LogP contribution is -2.33. The van der Waals surface area contributed by atoms with Crippen molar-refractivity contribution in [3.05, 3.63) is 65.4 Å². The van der Waals surface area contributed by atoms with E-state index in [2.05, 4.69) is 15.4 Å². The van der Waals surface area contributed by atoms with Crippen LogP contribution >= 0.6 is 0 Å². The monoisotopic (exact) mass is 402 g/mol. The zero-order chi connectivity index (χ0) is 20.8. The third-order valence-electron chi connectivity index (χ3n) is 5.04. The molecule has 1 fully saturated rings. The highest BCUT2D eigenvalue weighted by Gasteiger charge is 2.37. The summed E-state index contributed by atoms with van der Waals surface area (Å²) in [6.45, 7) is 0. The van der Waals surface area contributed by atoms with Crippen LogP contribution < -0.4 is 5.32 Å². The summed E-state index contributed by atoms with van der Waals surface area (Å²) in [6, 6.07) is 4.01. The Morgan fingerprint density at radius 3 is 2.41 bits per heavy atom. The van der Waals surface area contributed by atoms with Crippen LogP contribution in [-0.4, -0.2) is 25.8 Å². The Hall–Kier alpha value is -3.20. The van der Waals surface area contributed by atoms with Gasteiger partial charge in [-0.15, -0.1) is 0 Å². The molecule has 29 heavy (non-hydrogen) atoms. The van der Waals surface area contributed by atoms with Gasteiger partial charge in [-0.25, -0.2) is 18.2 Å². The number of nitrogens with zero attached hydrogens (tertiary/aromatic N) is 3. The van der Waals surface area contributed by atoms with Crippen molar-refractivity contribution < 1.29 is 23.1 Å². The number of rotatable bonds is 4. The van der Waals surface area contributed by atoms with Crippen LogP contribution in [0.1, 0.15) is 35.3 Å². The highest BCUT2D eigenvalue weighted by atomic mass is 19.1. The fourth-order valence-electron chi connectivity index (χ4n) is 3.29. The SMILES string of the molecule is Cn1cc(NC(=O)c2ccc(F)c(-c3c(F)cc(C4(O)CCC4)cc3F)n2)cn1. The van der Waals surface area contributed by atoms with Gasteiger partial charge in [0.2, 0.25) is 0 Å². The summed E-state index contributed by atoms with van der Waals surface area (Å²) in [4.78, 5) is 16.2. The molecule has 2 aromatic heterocycles. The van der Waals surface area contributed by atoms with Gasteiger partial charge in [-0.3, -0.25) is 9.48 Å². The number of halogens is 3. The second-order valence-corrected chi connectivity index (χ2v) is 7.08. The standard InChI is InChI=1S/C20H17F3N4O2/c1-27-10-12(9-24-27)25-19(28)16-4-3-13(21)18(26-16)17-14(22)7-11(8-15(17)23)20(29)5-2-6-20/h3-4,7-10,29H,2,5-6H2,1H3,(H,25,28). The van der Waals surface area contributed by atoms with Crippen LogP contribution in [-0.2, 0) is 12.6 Å². The molecule has 0 atom stereocenters. The van der Waals surface area contributed by atoms with Gasteiger partial charge in [0.1, 0.15) is 28.8 Å². The number of carbonyl (C=O) groups excluding carboxylic acids is 1. The molecule has 9 heteroatoms. The van der Waals surface area contributed by atoms with Crippen LogP contribution in [0.4, 0.5) is 18.9 Å². The van der Waals surface area contributed by atoms with Gasteiger partial charge >= 0.3 is 0 Å². The fourth-order valence-corrected chi connectivity index (χ4v) is 3.29. The highest BCUT2D eigenvalue weighted by molar-refractivity contribution is 6.03. The first-order chi connectivity index (χ1) is 13.8. The summed E-state index contributed by atoms with van der Waals surface area (Å²) in [5.41, 5.74) is -2.30. The number of hydrogen-bond acceptors (Lipinski definition) is 4. The van der Waals surface area contributed by atoms with E-state index in [-0.39, 0.29) is 11.3 Å². The number of benzene rings is 1. The first-order valence-electron chi connectivity index (χ1n) is 8.96.